The standard InChI is InChI=1S/C21H23ClO3S/c1-21(20(23)24,14-15-2-6-18(22)7-3-15)25-19-8-4-16(5-9-19)17-10-12-26-13-11-17/h2-9,17H,10-14H2,1H3,(H,23,24). The highest BCUT2D eigenvalue weighted by Gasteiger charge is 2.36. The van der Waals surface area contributed by atoms with E-state index in [0.717, 1.165) is 5.56 Å². The van der Waals surface area contributed by atoms with Gasteiger partial charge in [-0.25, -0.2) is 4.79 Å². The average molecular weight is 391 g/mol. The van der Waals surface area contributed by atoms with Crippen molar-refractivity contribution in [1.29, 1.82) is 0 Å². The molecule has 0 amide bonds. The highest BCUT2D eigenvalue weighted by atomic mass is 35.5. The normalized spacial score (nSPS) is 17.5. The van der Waals surface area contributed by atoms with Crippen LogP contribution in [0.15, 0.2) is 48.5 Å². The van der Waals surface area contributed by atoms with Crippen LogP contribution in [0.25, 0.3) is 0 Å². The molecule has 3 rings (SSSR count). The van der Waals surface area contributed by atoms with Gasteiger partial charge in [0, 0.05) is 11.4 Å². The number of thioether (sulfide) groups is 1. The van der Waals surface area contributed by atoms with Crippen LogP contribution in [0.5, 0.6) is 5.75 Å². The molecule has 1 saturated heterocycles. The second-order valence-corrected chi connectivity index (χ2v) is 8.56. The van der Waals surface area contributed by atoms with Crippen LogP contribution in [0.2, 0.25) is 5.02 Å². The van der Waals surface area contributed by atoms with Crippen molar-refractivity contribution >= 4 is 29.3 Å². The fraction of sp³-hybridized carbons (Fsp3) is 0.381. The van der Waals surface area contributed by atoms with Gasteiger partial charge in [0.1, 0.15) is 5.75 Å². The zero-order chi connectivity index (χ0) is 18.6. The first-order valence-electron chi connectivity index (χ1n) is 8.81. The summed E-state index contributed by atoms with van der Waals surface area (Å²) in [5, 5.41) is 10.3. The molecule has 0 radical (unpaired) electrons. The lowest BCUT2D eigenvalue weighted by atomic mass is 9.93. The Balaban J connectivity index is 1.72. The van der Waals surface area contributed by atoms with Gasteiger partial charge in [0.15, 0.2) is 0 Å². The molecule has 1 unspecified atom stereocenters. The number of hydrogen-bond donors (Lipinski definition) is 1. The van der Waals surface area contributed by atoms with Gasteiger partial charge >= 0.3 is 5.97 Å². The Morgan fingerprint density at radius 3 is 2.35 bits per heavy atom. The Labute approximate surface area is 163 Å². The maximum atomic E-state index is 11.9. The lowest BCUT2D eigenvalue weighted by Gasteiger charge is -2.27. The first kappa shape index (κ1) is 19.1. The molecule has 0 saturated carbocycles. The lowest BCUT2D eigenvalue weighted by Crippen LogP contribution is -2.43. The van der Waals surface area contributed by atoms with Gasteiger partial charge in [0.05, 0.1) is 0 Å². The van der Waals surface area contributed by atoms with Crippen LogP contribution < -0.4 is 4.74 Å². The quantitative estimate of drug-likeness (QED) is 0.715. The Hall–Kier alpha value is -1.65. The molecule has 0 spiro atoms. The van der Waals surface area contributed by atoms with Gasteiger partial charge in [-0.05, 0) is 72.6 Å². The molecule has 2 aromatic carbocycles. The summed E-state index contributed by atoms with van der Waals surface area (Å²) < 4.78 is 5.90. The molecule has 26 heavy (non-hydrogen) atoms. The van der Waals surface area contributed by atoms with Crippen LogP contribution in [0.4, 0.5) is 0 Å². The highest BCUT2D eigenvalue weighted by Crippen LogP contribution is 2.33. The average Bonchev–Trinajstić information content (AvgIpc) is 2.65. The summed E-state index contributed by atoms with van der Waals surface area (Å²) in [5.41, 5.74) is 0.847. The topological polar surface area (TPSA) is 46.5 Å². The van der Waals surface area contributed by atoms with Gasteiger partial charge in [-0.1, -0.05) is 35.9 Å². The molecule has 0 aliphatic carbocycles. The predicted octanol–water partition coefficient (Wildman–Crippen LogP) is 5.42. The number of carboxylic acid groups (broad SMARTS) is 1. The summed E-state index contributed by atoms with van der Waals surface area (Å²) in [5.74, 6) is 2.62. The molecule has 1 atom stereocenters. The third kappa shape index (κ3) is 4.74. The minimum absolute atomic E-state index is 0.265. The van der Waals surface area contributed by atoms with Crippen molar-refractivity contribution in [3.63, 3.8) is 0 Å². The molecule has 1 aliphatic rings. The largest absolute Gasteiger partial charge is 0.478 e. The third-order valence-corrected chi connectivity index (χ3v) is 6.12. The number of aliphatic carboxylic acids is 1. The molecular weight excluding hydrogens is 368 g/mol. The number of halogens is 1. The van der Waals surface area contributed by atoms with E-state index in [4.69, 9.17) is 16.3 Å². The molecule has 138 valence electrons. The number of benzene rings is 2. The van der Waals surface area contributed by atoms with Gasteiger partial charge in [-0.3, -0.25) is 0 Å². The minimum Gasteiger partial charge on any atom is -0.478 e. The van der Waals surface area contributed by atoms with Crippen LogP contribution in [0.3, 0.4) is 0 Å². The molecule has 2 aromatic rings. The van der Waals surface area contributed by atoms with Crippen LogP contribution in [0, 0.1) is 0 Å². The van der Waals surface area contributed by atoms with Gasteiger partial charge in [0.25, 0.3) is 0 Å². The second-order valence-electron chi connectivity index (χ2n) is 6.90. The summed E-state index contributed by atoms with van der Waals surface area (Å²) in [4.78, 5) is 11.9. The molecule has 0 aromatic heterocycles. The van der Waals surface area contributed by atoms with Gasteiger partial charge < -0.3 is 9.84 Å². The predicted molar refractivity (Wildman–Crippen MR) is 108 cm³/mol. The highest BCUT2D eigenvalue weighted by molar-refractivity contribution is 7.99. The maximum Gasteiger partial charge on any atom is 0.348 e. The summed E-state index contributed by atoms with van der Waals surface area (Å²) in [6, 6.07) is 15.1. The van der Waals surface area contributed by atoms with E-state index in [0.29, 0.717) is 16.7 Å². The van der Waals surface area contributed by atoms with Crippen LogP contribution in [-0.2, 0) is 11.2 Å². The first-order valence-corrected chi connectivity index (χ1v) is 10.3. The third-order valence-electron chi connectivity index (χ3n) is 4.82. The lowest BCUT2D eigenvalue weighted by molar-refractivity contribution is -0.153. The fourth-order valence-electron chi connectivity index (χ4n) is 3.25. The van der Waals surface area contributed by atoms with E-state index in [2.05, 4.69) is 12.1 Å². The molecule has 1 N–H and O–H groups in total. The number of carbonyl (C=O) groups is 1. The number of carboxylic acids is 1. The molecule has 1 fully saturated rings. The van der Waals surface area contributed by atoms with Crippen molar-refractivity contribution in [1.82, 2.24) is 0 Å². The van der Waals surface area contributed by atoms with Gasteiger partial charge in [-0.2, -0.15) is 11.8 Å². The number of hydrogen-bond acceptors (Lipinski definition) is 3. The van der Waals surface area contributed by atoms with E-state index in [1.54, 1.807) is 19.1 Å². The zero-order valence-electron chi connectivity index (χ0n) is 14.8. The monoisotopic (exact) mass is 390 g/mol. The minimum atomic E-state index is -1.34. The van der Waals surface area contributed by atoms with Crippen molar-refractivity contribution in [2.75, 3.05) is 11.5 Å². The van der Waals surface area contributed by atoms with Crippen molar-refractivity contribution in [3.8, 4) is 5.75 Å². The molecule has 1 aliphatic heterocycles. The summed E-state index contributed by atoms with van der Waals surface area (Å²) in [7, 11) is 0. The van der Waals surface area contributed by atoms with Crippen molar-refractivity contribution in [2.45, 2.75) is 37.7 Å². The zero-order valence-corrected chi connectivity index (χ0v) is 16.4. The van der Waals surface area contributed by atoms with E-state index in [9.17, 15) is 9.90 Å². The molecule has 5 heteroatoms. The molecule has 3 nitrogen and oxygen atoms in total. The molecular formula is C21H23ClO3S. The van der Waals surface area contributed by atoms with E-state index in [1.807, 2.05) is 36.0 Å². The van der Waals surface area contributed by atoms with Crippen molar-refractivity contribution in [3.05, 3.63) is 64.7 Å². The number of rotatable bonds is 6. The first-order chi connectivity index (χ1) is 12.5. The molecule has 1 heterocycles. The van der Waals surface area contributed by atoms with E-state index in [1.165, 1.54) is 29.9 Å². The summed E-state index contributed by atoms with van der Waals surface area (Å²) in [6.45, 7) is 1.61. The summed E-state index contributed by atoms with van der Waals surface area (Å²) >= 11 is 7.92. The van der Waals surface area contributed by atoms with Crippen molar-refractivity contribution in [2.24, 2.45) is 0 Å². The Morgan fingerprint density at radius 2 is 1.77 bits per heavy atom. The second kappa shape index (κ2) is 8.36. The maximum absolute atomic E-state index is 11.9. The van der Waals surface area contributed by atoms with Crippen LogP contribution >= 0.6 is 23.4 Å². The van der Waals surface area contributed by atoms with Crippen molar-refractivity contribution < 1.29 is 14.6 Å². The Morgan fingerprint density at radius 1 is 1.15 bits per heavy atom. The van der Waals surface area contributed by atoms with Gasteiger partial charge in [0.2, 0.25) is 5.60 Å². The Bertz CT molecular complexity index is 739. The SMILES string of the molecule is CC(Cc1ccc(Cl)cc1)(Oc1ccc(C2CCSCC2)cc1)C(=O)O. The number of ether oxygens (including phenoxy) is 1. The Kier molecular flexibility index (Phi) is 6.15. The smallest absolute Gasteiger partial charge is 0.348 e. The van der Waals surface area contributed by atoms with E-state index < -0.39 is 11.6 Å². The van der Waals surface area contributed by atoms with E-state index >= 15 is 0 Å². The van der Waals surface area contributed by atoms with Crippen LogP contribution in [0.1, 0.15) is 36.8 Å². The van der Waals surface area contributed by atoms with Gasteiger partial charge in [-0.15, -0.1) is 0 Å². The molecule has 0 bridgehead atoms. The van der Waals surface area contributed by atoms with E-state index in [-0.39, 0.29) is 6.42 Å². The summed E-state index contributed by atoms with van der Waals surface area (Å²) in [6.07, 6.45) is 2.67. The fourth-order valence-corrected chi connectivity index (χ4v) is 4.48. The van der Waals surface area contributed by atoms with Crippen LogP contribution in [-0.4, -0.2) is 28.2 Å².